The fourth-order valence-corrected chi connectivity index (χ4v) is 4.48. The lowest BCUT2D eigenvalue weighted by Crippen LogP contribution is -2.47. The summed E-state index contributed by atoms with van der Waals surface area (Å²) in [5.41, 5.74) is 0.547. The van der Waals surface area contributed by atoms with Crippen molar-refractivity contribution in [3.63, 3.8) is 0 Å². The molecular weight excluding hydrogens is 358 g/mol. The third kappa shape index (κ3) is 4.72. The maximum Gasteiger partial charge on any atom is 0.254 e. The molecule has 3 heterocycles. The van der Waals surface area contributed by atoms with Gasteiger partial charge in [-0.2, -0.15) is 5.10 Å². The summed E-state index contributed by atoms with van der Waals surface area (Å²) >= 11 is 0. The van der Waals surface area contributed by atoms with E-state index < -0.39 is 0 Å². The molecule has 1 saturated carbocycles. The summed E-state index contributed by atoms with van der Waals surface area (Å²) in [5.74, 6) is 0.847. The molecule has 1 aromatic rings. The van der Waals surface area contributed by atoms with Crippen LogP contribution in [0.4, 0.5) is 0 Å². The number of aromatic nitrogens is 2. The highest BCUT2D eigenvalue weighted by Crippen LogP contribution is 2.35. The second-order valence-electron chi connectivity index (χ2n) is 8.54. The predicted molar refractivity (Wildman–Crippen MR) is 104 cm³/mol. The number of nitrogens with one attached hydrogen (secondary N) is 2. The third-order valence-electron chi connectivity index (χ3n) is 6.42. The van der Waals surface area contributed by atoms with Gasteiger partial charge in [-0.1, -0.05) is 0 Å². The molecule has 1 aromatic heterocycles. The Labute approximate surface area is 165 Å². The number of aromatic amines is 1. The summed E-state index contributed by atoms with van der Waals surface area (Å²) in [6.45, 7) is 2.97. The highest BCUT2D eigenvalue weighted by Gasteiger charge is 2.38. The van der Waals surface area contributed by atoms with Crippen molar-refractivity contribution in [2.24, 2.45) is 5.92 Å². The molecule has 2 amide bonds. The quantitative estimate of drug-likeness (QED) is 0.639. The zero-order valence-corrected chi connectivity index (χ0v) is 16.3. The average Bonchev–Trinajstić information content (AvgIpc) is 3.19. The zero-order chi connectivity index (χ0) is 19.5. The third-order valence-corrected chi connectivity index (χ3v) is 6.42. The van der Waals surface area contributed by atoms with Gasteiger partial charge in [0.15, 0.2) is 0 Å². The molecule has 2 aliphatic heterocycles. The molecule has 0 spiro atoms. The van der Waals surface area contributed by atoms with E-state index in [-0.39, 0.29) is 30.0 Å². The van der Waals surface area contributed by atoms with E-state index in [1.54, 1.807) is 6.20 Å². The Hall–Kier alpha value is -1.93. The zero-order valence-electron chi connectivity index (χ0n) is 16.3. The van der Waals surface area contributed by atoms with E-state index in [1.807, 2.05) is 4.90 Å². The van der Waals surface area contributed by atoms with Crippen LogP contribution in [-0.2, 0) is 4.79 Å². The van der Waals surface area contributed by atoms with Crippen molar-refractivity contribution in [2.75, 3.05) is 26.2 Å². The van der Waals surface area contributed by atoms with E-state index in [2.05, 4.69) is 20.4 Å². The molecule has 0 aromatic carbocycles. The van der Waals surface area contributed by atoms with Gasteiger partial charge >= 0.3 is 0 Å². The number of aliphatic hydroxyl groups excluding tert-OH is 1. The van der Waals surface area contributed by atoms with Gasteiger partial charge < -0.3 is 15.3 Å². The Morgan fingerprint density at radius 3 is 2.57 bits per heavy atom. The van der Waals surface area contributed by atoms with Gasteiger partial charge in [-0.3, -0.25) is 19.6 Å². The molecule has 3 N–H and O–H groups in total. The van der Waals surface area contributed by atoms with Gasteiger partial charge in [0.1, 0.15) is 0 Å². The van der Waals surface area contributed by atoms with E-state index in [1.165, 1.54) is 19.0 Å². The van der Waals surface area contributed by atoms with Crippen molar-refractivity contribution < 1.29 is 14.7 Å². The fraction of sp³-hybridized carbons (Fsp3) is 0.750. The summed E-state index contributed by atoms with van der Waals surface area (Å²) in [4.78, 5) is 29.4. The number of aliphatic hydroxyl groups is 1. The number of hydrogen-bond donors (Lipinski definition) is 3. The van der Waals surface area contributed by atoms with Crippen LogP contribution in [0, 0.1) is 5.92 Å². The molecule has 8 heteroatoms. The lowest BCUT2D eigenvalue weighted by atomic mass is 10.1. The Bertz CT molecular complexity index is 667. The van der Waals surface area contributed by atoms with E-state index in [9.17, 15) is 14.7 Å². The van der Waals surface area contributed by atoms with E-state index >= 15 is 0 Å². The summed E-state index contributed by atoms with van der Waals surface area (Å²) in [6.07, 6.45) is 9.35. The normalized spacial score (nSPS) is 26.5. The minimum atomic E-state index is -0.259. The number of likely N-dealkylation sites (tertiary alicyclic amines) is 2. The van der Waals surface area contributed by atoms with Crippen molar-refractivity contribution in [3.05, 3.63) is 18.0 Å². The molecule has 0 radical (unpaired) electrons. The molecule has 2 saturated heterocycles. The molecule has 4 rings (SSSR count). The number of piperidine rings is 1. The molecule has 2 atom stereocenters. The van der Waals surface area contributed by atoms with Crippen molar-refractivity contribution in [2.45, 2.75) is 63.1 Å². The minimum Gasteiger partial charge on any atom is -0.393 e. The highest BCUT2D eigenvalue weighted by molar-refractivity contribution is 5.93. The first-order chi connectivity index (χ1) is 13.6. The summed E-state index contributed by atoms with van der Waals surface area (Å²) in [5, 5.41) is 19.2. The van der Waals surface area contributed by atoms with Crippen LogP contribution in [-0.4, -0.2) is 81.3 Å². The minimum absolute atomic E-state index is 0.105. The van der Waals surface area contributed by atoms with Crippen LogP contribution in [0.5, 0.6) is 0 Å². The summed E-state index contributed by atoms with van der Waals surface area (Å²) in [7, 11) is 0. The largest absolute Gasteiger partial charge is 0.393 e. The molecular formula is C20H31N5O3. The Morgan fingerprint density at radius 2 is 1.89 bits per heavy atom. The van der Waals surface area contributed by atoms with Crippen LogP contribution >= 0.6 is 0 Å². The molecule has 154 valence electrons. The van der Waals surface area contributed by atoms with Crippen molar-refractivity contribution in [3.8, 4) is 0 Å². The number of amides is 2. The number of carbonyl (C=O) groups excluding carboxylic acids is 2. The van der Waals surface area contributed by atoms with E-state index in [0.717, 1.165) is 25.3 Å². The maximum absolute atomic E-state index is 12.8. The summed E-state index contributed by atoms with van der Waals surface area (Å²) in [6, 6.07) is 0.549. The van der Waals surface area contributed by atoms with Crippen LogP contribution in [0.15, 0.2) is 12.4 Å². The number of nitrogens with zero attached hydrogens (tertiary/aromatic N) is 3. The summed E-state index contributed by atoms with van der Waals surface area (Å²) < 4.78 is 0. The molecule has 3 aliphatic rings. The smallest absolute Gasteiger partial charge is 0.254 e. The SMILES string of the molecule is O=C(NC[C@@H]1CC[C@H](CC(=O)N2CCC(O)CC2)N1CC1CC1)c1cn[nH]c1. The molecule has 0 bridgehead atoms. The molecule has 1 aliphatic carbocycles. The van der Waals surface area contributed by atoms with Crippen LogP contribution < -0.4 is 5.32 Å². The standard InChI is InChI=1S/C20H31N5O3/c26-18-5-7-24(8-6-18)19(27)9-16-3-4-17(25(16)13-14-1-2-14)12-21-20(28)15-10-22-23-11-15/h10-11,14,16-18,26H,1-9,12-13H2,(H,21,28)(H,22,23)/t16-,17+/m1/s1. The lowest BCUT2D eigenvalue weighted by Gasteiger charge is -2.33. The molecule has 0 unspecified atom stereocenters. The van der Waals surface area contributed by atoms with Crippen LogP contribution in [0.25, 0.3) is 0 Å². The van der Waals surface area contributed by atoms with Crippen LogP contribution in [0.1, 0.15) is 55.3 Å². The van der Waals surface area contributed by atoms with Crippen molar-refractivity contribution in [1.82, 2.24) is 25.3 Å². The van der Waals surface area contributed by atoms with Gasteiger partial charge in [0.05, 0.1) is 17.9 Å². The number of carbonyl (C=O) groups is 2. The molecule has 28 heavy (non-hydrogen) atoms. The number of hydrogen-bond acceptors (Lipinski definition) is 5. The van der Waals surface area contributed by atoms with Crippen molar-refractivity contribution in [1.29, 1.82) is 0 Å². The first kappa shape index (κ1) is 19.4. The highest BCUT2D eigenvalue weighted by atomic mass is 16.3. The van der Waals surface area contributed by atoms with Crippen LogP contribution in [0.3, 0.4) is 0 Å². The van der Waals surface area contributed by atoms with Crippen LogP contribution in [0.2, 0.25) is 0 Å². The second kappa shape index (κ2) is 8.61. The Balaban J connectivity index is 1.32. The van der Waals surface area contributed by atoms with Gasteiger partial charge in [0.25, 0.3) is 5.91 Å². The first-order valence-electron chi connectivity index (χ1n) is 10.6. The number of H-pyrrole nitrogens is 1. The second-order valence-corrected chi connectivity index (χ2v) is 8.54. The van der Waals surface area contributed by atoms with E-state index in [4.69, 9.17) is 0 Å². The first-order valence-corrected chi connectivity index (χ1v) is 10.6. The monoisotopic (exact) mass is 389 g/mol. The number of rotatable bonds is 7. The average molecular weight is 390 g/mol. The molecule has 3 fully saturated rings. The van der Waals surface area contributed by atoms with E-state index in [0.29, 0.717) is 44.5 Å². The Morgan fingerprint density at radius 1 is 1.14 bits per heavy atom. The van der Waals surface area contributed by atoms with Gasteiger partial charge in [-0.25, -0.2) is 0 Å². The maximum atomic E-state index is 12.8. The van der Waals surface area contributed by atoms with Gasteiger partial charge in [0, 0.05) is 50.9 Å². The Kier molecular flexibility index (Phi) is 5.96. The topological polar surface area (TPSA) is 102 Å². The predicted octanol–water partition coefficient (Wildman–Crippen LogP) is 0.756. The lowest BCUT2D eigenvalue weighted by molar-refractivity contribution is -0.134. The molecule has 8 nitrogen and oxygen atoms in total. The van der Waals surface area contributed by atoms with Crippen molar-refractivity contribution >= 4 is 11.8 Å². The fourth-order valence-electron chi connectivity index (χ4n) is 4.48. The van der Waals surface area contributed by atoms with Gasteiger partial charge in [-0.15, -0.1) is 0 Å². The van der Waals surface area contributed by atoms with Gasteiger partial charge in [0.2, 0.25) is 5.91 Å². The van der Waals surface area contributed by atoms with Gasteiger partial charge in [-0.05, 0) is 44.4 Å².